The number of anilines is 2. The van der Waals surface area contributed by atoms with Gasteiger partial charge in [0.25, 0.3) is 5.56 Å². The molecule has 2 aliphatic rings. The summed E-state index contributed by atoms with van der Waals surface area (Å²) in [6, 6.07) is 7.14. The van der Waals surface area contributed by atoms with E-state index in [9.17, 15) is 4.79 Å². The fraction of sp³-hybridized carbons (Fsp3) is 0.409. The van der Waals surface area contributed by atoms with Crippen molar-refractivity contribution in [3.05, 3.63) is 46.4 Å². The Morgan fingerprint density at radius 1 is 1.13 bits per heavy atom. The largest absolute Gasteiger partial charge is 0.490 e. The van der Waals surface area contributed by atoms with Gasteiger partial charge < -0.3 is 24.4 Å². The van der Waals surface area contributed by atoms with Crippen LogP contribution in [0, 0.1) is 6.92 Å². The van der Waals surface area contributed by atoms with E-state index in [-0.39, 0.29) is 11.7 Å². The molecule has 0 unspecified atom stereocenters. The molecule has 0 bridgehead atoms. The number of aromatic nitrogens is 3. The molecule has 162 valence electrons. The third-order valence-electron chi connectivity index (χ3n) is 5.76. The molecule has 9 heteroatoms. The van der Waals surface area contributed by atoms with Gasteiger partial charge in [0.1, 0.15) is 25.1 Å². The Bertz CT molecular complexity index is 1170. The summed E-state index contributed by atoms with van der Waals surface area (Å²) in [7, 11) is 1.83. The summed E-state index contributed by atoms with van der Waals surface area (Å²) in [6.45, 7) is 4.70. The van der Waals surface area contributed by atoms with E-state index in [4.69, 9.17) is 14.2 Å². The fourth-order valence-corrected chi connectivity index (χ4v) is 4.19. The second-order valence-corrected chi connectivity index (χ2v) is 7.70. The van der Waals surface area contributed by atoms with E-state index >= 15 is 0 Å². The van der Waals surface area contributed by atoms with Crippen LogP contribution in [0.25, 0.3) is 5.65 Å². The molecule has 1 saturated heterocycles. The predicted molar refractivity (Wildman–Crippen MR) is 117 cm³/mol. The number of piperidine rings is 1. The average Bonchev–Trinajstić information content (AvgIpc) is 2.80. The molecule has 31 heavy (non-hydrogen) atoms. The molecule has 3 aromatic rings. The van der Waals surface area contributed by atoms with Crippen molar-refractivity contribution in [2.24, 2.45) is 0 Å². The lowest BCUT2D eigenvalue weighted by Crippen LogP contribution is -2.39. The summed E-state index contributed by atoms with van der Waals surface area (Å²) in [5.74, 6) is 3.08. The summed E-state index contributed by atoms with van der Waals surface area (Å²) in [5, 5.41) is 7.80. The lowest BCUT2D eigenvalue weighted by Gasteiger charge is -2.34. The molecular formula is C22H25N5O4. The molecule has 2 aliphatic heterocycles. The highest BCUT2D eigenvalue weighted by Gasteiger charge is 2.25. The molecule has 0 amide bonds. The number of nitrogens with one attached hydrogen (secondary N) is 1. The smallest absolute Gasteiger partial charge is 0.274 e. The average molecular weight is 423 g/mol. The molecule has 1 fully saturated rings. The molecule has 4 heterocycles. The van der Waals surface area contributed by atoms with Gasteiger partial charge in [0.05, 0.1) is 5.69 Å². The highest BCUT2D eigenvalue weighted by molar-refractivity contribution is 5.75. The van der Waals surface area contributed by atoms with Crippen LogP contribution < -0.4 is 30.0 Å². The molecule has 0 radical (unpaired) electrons. The normalized spacial score (nSPS) is 16.4. The first-order chi connectivity index (χ1) is 15.1. The Balaban J connectivity index is 1.33. The summed E-state index contributed by atoms with van der Waals surface area (Å²) >= 11 is 0. The van der Waals surface area contributed by atoms with Crippen LogP contribution in [0.15, 0.2) is 35.3 Å². The minimum Gasteiger partial charge on any atom is -0.490 e. The lowest BCUT2D eigenvalue weighted by atomic mass is 10.1. The van der Waals surface area contributed by atoms with E-state index in [1.807, 2.05) is 32.2 Å². The van der Waals surface area contributed by atoms with Crippen LogP contribution in [0.3, 0.4) is 0 Å². The van der Waals surface area contributed by atoms with Crippen LogP contribution in [0.2, 0.25) is 0 Å². The summed E-state index contributed by atoms with van der Waals surface area (Å²) in [5.41, 5.74) is 2.14. The summed E-state index contributed by atoms with van der Waals surface area (Å²) in [4.78, 5) is 18.9. The van der Waals surface area contributed by atoms with Gasteiger partial charge in [0.2, 0.25) is 0 Å². The molecule has 0 saturated carbocycles. The van der Waals surface area contributed by atoms with E-state index in [0.29, 0.717) is 18.9 Å². The number of hydrogen-bond donors (Lipinski definition) is 1. The maximum absolute atomic E-state index is 12.3. The molecule has 0 atom stereocenters. The van der Waals surface area contributed by atoms with E-state index < -0.39 is 0 Å². The van der Waals surface area contributed by atoms with Crippen molar-refractivity contribution in [3.63, 3.8) is 0 Å². The Morgan fingerprint density at radius 3 is 2.68 bits per heavy atom. The minimum absolute atomic E-state index is 0.104. The number of nitrogens with zero attached hydrogens (tertiary/aromatic N) is 4. The van der Waals surface area contributed by atoms with Crippen LogP contribution in [0.5, 0.6) is 17.2 Å². The van der Waals surface area contributed by atoms with Crippen molar-refractivity contribution in [1.29, 1.82) is 0 Å². The topological polar surface area (TPSA) is 90.2 Å². The van der Waals surface area contributed by atoms with Crippen molar-refractivity contribution < 1.29 is 14.2 Å². The van der Waals surface area contributed by atoms with Gasteiger partial charge in [-0.3, -0.25) is 4.79 Å². The van der Waals surface area contributed by atoms with E-state index in [0.717, 1.165) is 60.2 Å². The third-order valence-corrected chi connectivity index (χ3v) is 5.76. The maximum Gasteiger partial charge on any atom is 0.274 e. The molecule has 2 aromatic heterocycles. The van der Waals surface area contributed by atoms with E-state index in [1.165, 1.54) is 16.8 Å². The van der Waals surface area contributed by atoms with Gasteiger partial charge in [-0.15, -0.1) is 5.10 Å². The SMILES string of the molecule is CNc1c(C)c(N2CCC(Oc3ccc4c(c3)OCCO4)CC2)nn2c(=O)ccnc12. The second-order valence-electron chi connectivity index (χ2n) is 7.70. The zero-order chi connectivity index (χ0) is 21.4. The number of rotatable bonds is 4. The molecule has 1 N–H and O–H groups in total. The standard InChI is InChI=1S/C22H25N5O4/c1-14-20(23-2)22-24-8-5-19(28)27(22)25-21(14)26-9-6-15(7-10-26)31-16-3-4-17-18(13-16)30-12-11-29-17/h3-5,8,13,15,23H,6-7,9-12H2,1-2H3. The zero-order valence-corrected chi connectivity index (χ0v) is 17.6. The first kappa shape index (κ1) is 19.5. The van der Waals surface area contributed by atoms with Gasteiger partial charge in [-0.1, -0.05) is 0 Å². The molecule has 9 nitrogen and oxygen atoms in total. The van der Waals surface area contributed by atoms with Crippen LogP contribution in [0.4, 0.5) is 11.5 Å². The highest BCUT2D eigenvalue weighted by atomic mass is 16.6. The lowest BCUT2D eigenvalue weighted by molar-refractivity contribution is 0.159. The van der Waals surface area contributed by atoms with Crippen LogP contribution in [0.1, 0.15) is 18.4 Å². The third kappa shape index (κ3) is 3.60. The zero-order valence-electron chi connectivity index (χ0n) is 17.6. The van der Waals surface area contributed by atoms with Crippen LogP contribution in [-0.4, -0.2) is 54.1 Å². The predicted octanol–water partition coefficient (Wildman–Crippen LogP) is 2.26. The monoisotopic (exact) mass is 423 g/mol. The fourth-order valence-electron chi connectivity index (χ4n) is 4.19. The van der Waals surface area contributed by atoms with Gasteiger partial charge in [0, 0.05) is 56.9 Å². The Hall–Kier alpha value is -3.49. The first-order valence-corrected chi connectivity index (χ1v) is 10.5. The molecular weight excluding hydrogens is 398 g/mol. The molecule has 0 spiro atoms. The van der Waals surface area contributed by atoms with Crippen molar-refractivity contribution >= 4 is 17.2 Å². The highest BCUT2D eigenvalue weighted by Crippen LogP contribution is 2.35. The first-order valence-electron chi connectivity index (χ1n) is 10.5. The molecule has 0 aliphatic carbocycles. The number of hydrogen-bond acceptors (Lipinski definition) is 8. The van der Waals surface area contributed by atoms with Crippen LogP contribution in [-0.2, 0) is 0 Å². The van der Waals surface area contributed by atoms with Crippen molar-refractivity contribution in [2.75, 3.05) is 43.6 Å². The molecule has 1 aromatic carbocycles. The summed E-state index contributed by atoms with van der Waals surface area (Å²) < 4.78 is 18.8. The van der Waals surface area contributed by atoms with Crippen LogP contribution >= 0.6 is 0 Å². The quantitative estimate of drug-likeness (QED) is 0.684. The van der Waals surface area contributed by atoms with Gasteiger partial charge >= 0.3 is 0 Å². The number of fused-ring (bicyclic) bond motifs is 2. The second kappa shape index (κ2) is 7.98. The van der Waals surface area contributed by atoms with Gasteiger partial charge in [-0.05, 0) is 19.1 Å². The minimum atomic E-state index is -0.195. The van der Waals surface area contributed by atoms with Crippen molar-refractivity contribution in [3.8, 4) is 17.2 Å². The number of benzene rings is 1. The van der Waals surface area contributed by atoms with Gasteiger partial charge in [-0.25, -0.2) is 4.98 Å². The van der Waals surface area contributed by atoms with Crippen molar-refractivity contribution in [2.45, 2.75) is 25.9 Å². The number of ether oxygens (including phenoxy) is 3. The van der Waals surface area contributed by atoms with E-state index in [1.54, 1.807) is 0 Å². The maximum atomic E-state index is 12.3. The van der Waals surface area contributed by atoms with E-state index in [2.05, 4.69) is 20.3 Å². The van der Waals surface area contributed by atoms with Crippen molar-refractivity contribution in [1.82, 2.24) is 14.6 Å². The Morgan fingerprint density at radius 2 is 1.90 bits per heavy atom. The molecule has 5 rings (SSSR count). The van der Waals surface area contributed by atoms with Gasteiger partial charge in [-0.2, -0.15) is 4.52 Å². The Labute approximate surface area is 179 Å². The summed E-state index contributed by atoms with van der Waals surface area (Å²) in [6.07, 6.45) is 3.32. The Kier molecular flexibility index (Phi) is 5.01. The van der Waals surface area contributed by atoms with Gasteiger partial charge in [0.15, 0.2) is 23.0 Å².